The monoisotopic (exact) mass is 280 g/mol. The van der Waals surface area contributed by atoms with Crippen LogP contribution in [0, 0.1) is 0 Å². The van der Waals surface area contributed by atoms with Gasteiger partial charge in [-0.3, -0.25) is 4.79 Å². The zero-order valence-corrected chi connectivity index (χ0v) is 10.9. The SMILES string of the molecule is O=Cc1c(Cl)cccc1Sc1nnnn1C1CC1. The molecule has 1 aliphatic rings. The Hall–Kier alpha value is -1.40. The van der Waals surface area contributed by atoms with Gasteiger partial charge < -0.3 is 0 Å². The highest BCUT2D eigenvalue weighted by Crippen LogP contribution is 2.39. The molecule has 1 heterocycles. The van der Waals surface area contributed by atoms with Gasteiger partial charge in [0.05, 0.1) is 11.1 Å². The Bertz CT molecular complexity index is 596. The van der Waals surface area contributed by atoms with E-state index in [0.29, 0.717) is 21.8 Å². The number of carbonyl (C=O) groups is 1. The second kappa shape index (κ2) is 4.70. The number of rotatable bonds is 4. The maximum absolute atomic E-state index is 11.1. The van der Waals surface area contributed by atoms with E-state index in [2.05, 4.69) is 15.5 Å². The van der Waals surface area contributed by atoms with Gasteiger partial charge in [-0.25, -0.2) is 4.68 Å². The van der Waals surface area contributed by atoms with Gasteiger partial charge in [-0.2, -0.15) is 0 Å². The van der Waals surface area contributed by atoms with Crippen molar-refractivity contribution in [1.29, 1.82) is 0 Å². The molecule has 3 rings (SSSR count). The summed E-state index contributed by atoms with van der Waals surface area (Å²) < 4.78 is 1.81. The standard InChI is InChI=1S/C11H9ClN4OS/c12-9-2-1-3-10(8(9)6-17)18-11-13-14-15-16(11)7-4-5-7/h1-3,6-7H,4-5H2. The molecule has 0 atom stereocenters. The zero-order chi connectivity index (χ0) is 12.5. The van der Waals surface area contributed by atoms with E-state index in [4.69, 9.17) is 11.6 Å². The van der Waals surface area contributed by atoms with Crippen LogP contribution in [0.4, 0.5) is 0 Å². The van der Waals surface area contributed by atoms with E-state index in [1.807, 2.05) is 12.1 Å². The molecular formula is C11H9ClN4OS. The number of hydrogen-bond acceptors (Lipinski definition) is 5. The molecule has 0 unspecified atom stereocenters. The molecule has 1 aliphatic carbocycles. The highest BCUT2D eigenvalue weighted by atomic mass is 35.5. The van der Waals surface area contributed by atoms with Crippen LogP contribution in [-0.2, 0) is 0 Å². The maximum atomic E-state index is 11.1. The number of halogens is 1. The molecule has 1 aromatic heterocycles. The topological polar surface area (TPSA) is 60.7 Å². The average molecular weight is 281 g/mol. The van der Waals surface area contributed by atoms with Crippen molar-refractivity contribution in [2.45, 2.75) is 28.9 Å². The number of hydrogen-bond donors (Lipinski definition) is 0. The van der Waals surface area contributed by atoms with Crippen LogP contribution in [0.1, 0.15) is 29.2 Å². The van der Waals surface area contributed by atoms with Crippen LogP contribution in [-0.4, -0.2) is 26.5 Å². The predicted molar refractivity (Wildman–Crippen MR) is 67.1 cm³/mol. The fraction of sp³-hybridized carbons (Fsp3) is 0.273. The van der Waals surface area contributed by atoms with Crippen LogP contribution in [0.3, 0.4) is 0 Å². The minimum atomic E-state index is 0.404. The Balaban J connectivity index is 1.94. The first-order valence-electron chi connectivity index (χ1n) is 5.49. The van der Waals surface area contributed by atoms with Gasteiger partial charge in [0.25, 0.3) is 0 Å². The predicted octanol–water partition coefficient (Wildman–Crippen LogP) is 2.63. The molecule has 0 aliphatic heterocycles. The molecule has 5 nitrogen and oxygen atoms in total. The van der Waals surface area contributed by atoms with E-state index in [-0.39, 0.29) is 0 Å². The number of aldehydes is 1. The lowest BCUT2D eigenvalue weighted by atomic mass is 10.2. The highest BCUT2D eigenvalue weighted by Gasteiger charge is 2.28. The molecule has 1 fully saturated rings. The third kappa shape index (κ3) is 2.13. The number of nitrogens with zero attached hydrogens (tertiary/aromatic N) is 4. The molecule has 1 aromatic carbocycles. The first-order valence-corrected chi connectivity index (χ1v) is 6.68. The molecule has 92 valence electrons. The molecule has 18 heavy (non-hydrogen) atoms. The molecule has 1 saturated carbocycles. The number of carbonyl (C=O) groups excluding carboxylic acids is 1. The van der Waals surface area contributed by atoms with Crippen LogP contribution in [0.5, 0.6) is 0 Å². The van der Waals surface area contributed by atoms with E-state index >= 15 is 0 Å². The first-order chi connectivity index (χ1) is 8.79. The molecule has 0 N–H and O–H groups in total. The van der Waals surface area contributed by atoms with Gasteiger partial charge in [0.2, 0.25) is 5.16 Å². The first kappa shape index (κ1) is 11.7. The summed E-state index contributed by atoms with van der Waals surface area (Å²) in [6, 6.07) is 5.75. The van der Waals surface area contributed by atoms with Gasteiger partial charge in [-0.15, -0.1) is 5.10 Å². The molecule has 0 radical (unpaired) electrons. The number of benzene rings is 1. The van der Waals surface area contributed by atoms with Gasteiger partial charge in [0.15, 0.2) is 6.29 Å². The molecule has 0 amide bonds. The van der Waals surface area contributed by atoms with Gasteiger partial charge in [-0.1, -0.05) is 17.7 Å². The number of tetrazole rings is 1. The van der Waals surface area contributed by atoms with Gasteiger partial charge >= 0.3 is 0 Å². The summed E-state index contributed by atoms with van der Waals surface area (Å²) in [6.45, 7) is 0. The normalized spacial score (nSPS) is 14.7. The quantitative estimate of drug-likeness (QED) is 0.806. The van der Waals surface area contributed by atoms with Crippen molar-refractivity contribution >= 4 is 29.6 Å². The Morgan fingerprint density at radius 2 is 2.28 bits per heavy atom. The fourth-order valence-corrected chi connectivity index (χ4v) is 2.86. The molecule has 0 bridgehead atoms. The molecule has 0 spiro atoms. The van der Waals surface area contributed by atoms with Crippen molar-refractivity contribution in [2.24, 2.45) is 0 Å². The van der Waals surface area contributed by atoms with Gasteiger partial charge in [0, 0.05) is 10.5 Å². The van der Waals surface area contributed by atoms with E-state index in [0.717, 1.165) is 24.0 Å². The van der Waals surface area contributed by atoms with Crippen LogP contribution >= 0.6 is 23.4 Å². The summed E-state index contributed by atoms with van der Waals surface area (Å²) >= 11 is 7.35. The van der Waals surface area contributed by atoms with Crippen LogP contribution < -0.4 is 0 Å². The van der Waals surface area contributed by atoms with Crippen molar-refractivity contribution < 1.29 is 4.79 Å². The molecular weight excluding hydrogens is 272 g/mol. The van der Waals surface area contributed by atoms with E-state index < -0.39 is 0 Å². The second-order valence-electron chi connectivity index (χ2n) is 4.01. The largest absolute Gasteiger partial charge is 0.298 e. The van der Waals surface area contributed by atoms with Gasteiger partial charge in [-0.05, 0) is 47.2 Å². The third-order valence-corrected chi connectivity index (χ3v) is 4.04. The lowest BCUT2D eigenvalue weighted by Gasteiger charge is -2.05. The minimum absolute atomic E-state index is 0.404. The Morgan fingerprint density at radius 1 is 1.44 bits per heavy atom. The zero-order valence-electron chi connectivity index (χ0n) is 9.28. The highest BCUT2D eigenvalue weighted by molar-refractivity contribution is 7.99. The van der Waals surface area contributed by atoms with Crippen LogP contribution in [0.2, 0.25) is 5.02 Å². The number of aromatic nitrogens is 4. The Kier molecular flexibility index (Phi) is 3.05. The van der Waals surface area contributed by atoms with E-state index in [1.54, 1.807) is 10.7 Å². The van der Waals surface area contributed by atoms with Gasteiger partial charge in [0.1, 0.15) is 0 Å². The average Bonchev–Trinajstić information content (AvgIpc) is 3.11. The lowest BCUT2D eigenvalue weighted by molar-refractivity contribution is 0.112. The minimum Gasteiger partial charge on any atom is -0.298 e. The van der Waals surface area contributed by atoms with Crippen molar-refractivity contribution in [3.63, 3.8) is 0 Å². The van der Waals surface area contributed by atoms with Crippen molar-refractivity contribution in [1.82, 2.24) is 20.2 Å². The summed E-state index contributed by atoms with van der Waals surface area (Å²) in [5.41, 5.74) is 0.481. The summed E-state index contributed by atoms with van der Waals surface area (Å²) in [6.07, 6.45) is 2.97. The molecule has 7 heteroatoms. The van der Waals surface area contributed by atoms with E-state index in [9.17, 15) is 4.79 Å². The third-order valence-electron chi connectivity index (χ3n) is 2.69. The Morgan fingerprint density at radius 3 is 3.00 bits per heavy atom. The van der Waals surface area contributed by atoms with Crippen molar-refractivity contribution in [3.05, 3.63) is 28.8 Å². The van der Waals surface area contributed by atoms with E-state index in [1.165, 1.54) is 11.8 Å². The smallest absolute Gasteiger partial charge is 0.214 e. The summed E-state index contributed by atoms with van der Waals surface area (Å²) in [5, 5.41) is 12.8. The molecule has 2 aromatic rings. The summed E-state index contributed by atoms with van der Waals surface area (Å²) in [7, 11) is 0. The second-order valence-corrected chi connectivity index (χ2v) is 5.43. The van der Waals surface area contributed by atoms with Crippen molar-refractivity contribution in [3.8, 4) is 0 Å². The maximum Gasteiger partial charge on any atom is 0.214 e. The fourth-order valence-electron chi connectivity index (χ4n) is 1.62. The summed E-state index contributed by atoms with van der Waals surface area (Å²) in [4.78, 5) is 11.8. The van der Waals surface area contributed by atoms with Crippen LogP contribution in [0.25, 0.3) is 0 Å². The van der Waals surface area contributed by atoms with Crippen LogP contribution in [0.15, 0.2) is 28.3 Å². The summed E-state index contributed by atoms with van der Waals surface area (Å²) in [5.74, 6) is 0. The lowest BCUT2D eigenvalue weighted by Crippen LogP contribution is -1.99. The Labute approximate surface area is 113 Å². The van der Waals surface area contributed by atoms with Crippen molar-refractivity contribution in [2.75, 3.05) is 0 Å². The molecule has 0 saturated heterocycles.